The van der Waals surface area contributed by atoms with Crippen LogP contribution in [0.1, 0.15) is 16.8 Å². The first kappa shape index (κ1) is 13.4. The summed E-state index contributed by atoms with van der Waals surface area (Å²) in [6, 6.07) is 11.1. The molecule has 1 saturated heterocycles. The average Bonchev–Trinajstić information content (AvgIpc) is 2.91. The van der Waals surface area contributed by atoms with Crippen molar-refractivity contribution < 1.29 is 23.8 Å². The fourth-order valence-corrected chi connectivity index (χ4v) is 2.32. The molecule has 108 valence electrons. The Morgan fingerprint density at radius 2 is 1.95 bits per heavy atom. The second-order valence-corrected chi connectivity index (χ2v) is 4.75. The lowest BCUT2D eigenvalue weighted by atomic mass is 10.1. The highest BCUT2D eigenvalue weighted by Gasteiger charge is 2.31. The molecule has 0 bridgehead atoms. The van der Waals surface area contributed by atoms with Crippen LogP contribution in [0.4, 0.5) is 0 Å². The Balaban J connectivity index is 1.94. The number of carbonyl (C=O) groups excluding carboxylic acids is 2. The maximum Gasteiger partial charge on any atom is 0.347 e. The van der Waals surface area contributed by atoms with Crippen LogP contribution in [-0.4, -0.2) is 31.8 Å². The van der Waals surface area contributed by atoms with E-state index in [0.29, 0.717) is 17.7 Å². The molecule has 1 heterocycles. The number of esters is 2. The van der Waals surface area contributed by atoms with Crippen LogP contribution in [-0.2, 0) is 14.3 Å². The largest absolute Gasteiger partial charge is 0.496 e. The summed E-state index contributed by atoms with van der Waals surface area (Å²) in [4.78, 5) is 23.6. The summed E-state index contributed by atoms with van der Waals surface area (Å²) in [7, 11) is 1.49. The van der Waals surface area contributed by atoms with Crippen molar-refractivity contribution in [2.75, 3.05) is 13.7 Å². The minimum absolute atomic E-state index is 0.283. The molecule has 5 heteroatoms. The van der Waals surface area contributed by atoms with Crippen LogP contribution in [0.3, 0.4) is 0 Å². The van der Waals surface area contributed by atoms with Crippen molar-refractivity contribution in [2.45, 2.75) is 12.5 Å². The molecule has 5 nitrogen and oxygen atoms in total. The molecule has 0 radical (unpaired) electrons. The number of fused-ring (bicyclic) bond motifs is 1. The van der Waals surface area contributed by atoms with Crippen LogP contribution < -0.4 is 4.74 Å². The van der Waals surface area contributed by atoms with E-state index in [4.69, 9.17) is 14.2 Å². The number of hydrogen-bond donors (Lipinski definition) is 0. The van der Waals surface area contributed by atoms with Crippen molar-refractivity contribution in [1.29, 1.82) is 0 Å². The molecule has 0 aliphatic carbocycles. The van der Waals surface area contributed by atoms with Crippen LogP contribution in [0, 0.1) is 0 Å². The summed E-state index contributed by atoms with van der Waals surface area (Å²) in [6.07, 6.45) is -0.436. The van der Waals surface area contributed by atoms with Crippen molar-refractivity contribution in [2.24, 2.45) is 0 Å². The first-order valence-corrected chi connectivity index (χ1v) is 6.63. The highest BCUT2D eigenvalue weighted by atomic mass is 16.6. The molecule has 3 rings (SSSR count). The molecule has 1 atom stereocenters. The van der Waals surface area contributed by atoms with Gasteiger partial charge in [-0.2, -0.15) is 0 Å². The molecule has 0 spiro atoms. The van der Waals surface area contributed by atoms with Crippen molar-refractivity contribution in [3.05, 3.63) is 42.0 Å². The molecular formula is C16H14O5. The van der Waals surface area contributed by atoms with Gasteiger partial charge in [0.15, 0.2) is 0 Å². The fourth-order valence-electron chi connectivity index (χ4n) is 2.32. The van der Waals surface area contributed by atoms with Crippen LogP contribution in [0.25, 0.3) is 10.8 Å². The van der Waals surface area contributed by atoms with Crippen LogP contribution in [0.15, 0.2) is 36.4 Å². The molecule has 0 amide bonds. The lowest BCUT2D eigenvalue weighted by Gasteiger charge is -2.12. The molecular weight excluding hydrogens is 272 g/mol. The van der Waals surface area contributed by atoms with Gasteiger partial charge in [0.2, 0.25) is 6.10 Å². The number of ether oxygens (including phenoxy) is 3. The molecule has 0 saturated carbocycles. The molecule has 2 aromatic carbocycles. The van der Waals surface area contributed by atoms with Crippen LogP contribution in [0.5, 0.6) is 5.75 Å². The second kappa shape index (κ2) is 5.44. The van der Waals surface area contributed by atoms with Gasteiger partial charge in [-0.3, -0.25) is 0 Å². The maximum atomic E-state index is 12.3. The predicted molar refractivity (Wildman–Crippen MR) is 75.3 cm³/mol. The molecule has 21 heavy (non-hydrogen) atoms. The summed E-state index contributed by atoms with van der Waals surface area (Å²) in [5, 5.41) is 1.87. The van der Waals surface area contributed by atoms with Crippen LogP contribution >= 0.6 is 0 Å². The van der Waals surface area contributed by atoms with E-state index in [2.05, 4.69) is 0 Å². The summed E-state index contributed by atoms with van der Waals surface area (Å²) in [6.45, 7) is 0.283. The summed E-state index contributed by atoms with van der Waals surface area (Å²) >= 11 is 0. The van der Waals surface area contributed by atoms with E-state index in [9.17, 15) is 9.59 Å². The zero-order valence-electron chi connectivity index (χ0n) is 11.5. The Morgan fingerprint density at radius 1 is 1.24 bits per heavy atom. The summed E-state index contributed by atoms with van der Waals surface area (Å²) in [5.74, 6) is -0.658. The smallest absolute Gasteiger partial charge is 0.347 e. The zero-order chi connectivity index (χ0) is 14.8. The topological polar surface area (TPSA) is 61.8 Å². The maximum absolute atomic E-state index is 12.3. The Bertz CT molecular complexity index is 707. The van der Waals surface area contributed by atoms with Gasteiger partial charge in [-0.1, -0.05) is 24.3 Å². The predicted octanol–water partition coefficient (Wildman–Crippen LogP) is 2.32. The third kappa shape index (κ3) is 2.54. The minimum Gasteiger partial charge on any atom is -0.496 e. The third-order valence-electron chi connectivity index (χ3n) is 3.42. The molecule has 0 N–H and O–H groups in total. The number of carbonyl (C=O) groups is 2. The van der Waals surface area contributed by atoms with E-state index in [0.717, 1.165) is 10.8 Å². The summed E-state index contributed by atoms with van der Waals surface area (Å²) < 4.78 is 15.2. The second-order valence-electron chi connectivity index (χ2n) is 4.75. The molecule has 1 aliphatic rings. The van der Waals surface area contributed by atoms with Gasteiger partial charge in [0, 0.05) is 6.42 Å². The highest BCUT2D eigenvalue weighted by Crippen LogP contribution is 2.27. The van der Waals surface area contributed by atoms with Gasteiger partial charge in [0.05, 0.1) is 13.7 Å². The molecule has 2 aromatic rings. The highest BCUT2D eigenvalue weighted by molar-refractivity contribution is 5.99. The van der Waals surface area contributed by atoms with Crippen molar-refractivity contribution in [1.82, 2.24) is 0 Å². The molecule has 1 aliphatic heterocycles. The lowest BCUT2D eigenvalue weighted by molar-refractivity contribution is -0.145. The number of benzene rings is 2. The van der Waals surface area contributed by atoms with Crippen molar-refractivity contribution >= 4 is 22.7 Å². The molecule has 1 fully saturated rings. The van der Waals surface area contributed by atoms with Crippen LogP contribution in [0.2, 0.25) is 0 Å². The molecule has 0 unspecified atom stereocenters. The first-order chi connectivity index (χ1) is 10.2. The van der Waals surface area contributed by atoms with E-state index in [1.54, 1.807) is 12.1 Å². The van der Waals surface area contributed by atoms with Crippen molar-refractivity contribution in [3.8, 4) is 5.75 Å². The van der Waals surface area contributed by atoms with E-state index in [-0.39, 0.29) is 6.61 Å². The van der Waals surface area contributed by atoms with Gasteiger partial charge in [0.1, 0.15) is 11.3 Å². The number of rotatable bonds is 3. The zero-order valence-corrected chi connectivity index (χ0v) is 11.5. The van der Waals surface area contributed by atoms with E-state index >= 15 is 0 Å². The van der Waals surface area contributed by atoms with E-state index in [1.165, 1.54) is 7.11 Å². The third-order valence-corrected chi connectivity index (χ3v) is 3.42. The van der Waals surface area contributed by atoms with Crippen molar-refractivity contribution in [3.63, 3.8) is 0 Å². The average molecular weight is 286 g/mol. The standard InChI is InChI=1S/C16H14O5/c1-19-14-9-11-5-3-2-4-10(11)8-12(14)15(17)21-13-6-7-20-16(13)18/h2-5,8-9,13H,6-7H2,1H3/t13-/m1/s1. The monoisotopic (exact) mass is 286 g/mol. The first-order valence-electron chi connectivity index (χ1n) is 6.63. The normalized spacial score (nSPS) is 17.6. The Kier molecular flexibility index (Phi) is 3.48. The van der Waals surface area contributed by atoms with Gasteiger partial charge in [-0.05, 0) is 22.9 Å². The number of methoxy groups -OCH3 is 1. The number of cyclic esters (lactones) is 1. The number of hydrogen-bond acceptors (Lipinski definition) is 5. The molecule has 0 aromatic heterocycles. The Morgan fingerprint density at radius 3 is 2.57 bits per heavy atom. The van der Waals surface area contributed by atoms with Gasteiger partial charge < -0.3 is 14.2 Å². The Hall–Kier alpha value is -2.56. The quantitative estimate of drug-likeness (QED) is 0.810. The van der Waals surface area contributed by atoms with Gasteiger partial charge in [0.25, 0.3) is 0 Å². The SMILES string of the molecule is COc1cc2ccccc2cc1C(=O)O[C@@H]1CCOC1=O. The Labute approximate surface area is 121 Å². The van der Waals surface area contributed by atoms with E-state index in [1.807, 2.05) is 24.3 Å². The summed E-state index contributed by atoms with van der Waals surface area (Å²) in [5.41, 5.74) is 0.302. The lowest BCUT2D eigenvalue weighted by Crippen LogP contribution is -2.23. The fraction of sp³-hybridized carbons (Fsp3) is 0.250. The van der Waals surface area contributed by atoms with Gasteiger partial charge in [-0.25, -0.2) is 9.59 Å². The van der Waals surface area contributed by atoms with E-state index < -0.39 is 18.0 Å². The van der Waals surface area contributed by atoms with Gasteiger partial charge >= 0.3 is 11.9 Å². The van der Waals surface area contributed by atoms with Gasteiger partial charge in [-0.15, -0.1) is 0 Å². The minimum atomic E-state index is -0.825.